The minimum Gasteiger partial charge on any atom is -0.306 e. The number of nitrogens with one attached hydrogen (secondary N) is 2. The first kappa shape index (κ1) is 24.8. The van der Waals surface area contributed by atoms with Crippen LogP contribution in [0.2, 0.25) is 5.02 Å². The quantitative estimate of drug-likeness (QED) is 0.280. The highest BCUT2D eigenvalue weighted by Crippen LogP contribution is 2.35. The second-order valence-corrected chi connectivity index (χ2v) is 9.18. The van der Waals surface area contributed by atoms with Crippen LogP contribution < -0.4 is 10.6 Å². The lowest BCUT2D eigenvalue weighted by Crippen LogP contribution is -2.25. The Kier molecular flexibility index (Phi) is 7.49. The summed E-state index contributed by atoms with van der Waals surface area (Å²) >= 11 is 6.74. The fourth-order valence-corrected chi connectivity index (χ4v) is 4.53. The van der Waals surface area contributed by atoms with Crippen LogP contribution in [0.15, 0.2) is 79.1 Å². The van der Waals surface area contributed by atoms with Gasteiger partial charge in [0.2, 0.25) is 0 Å². The van der Waals surface area contributed by atoms with Gasteiger partial charge in [-0.05, 0) is 24.1 Å². The Bertz CT molecular complexity index is 1260. The summed E-state index contributed by atoms with van der Waals surface area (Å²) in [7, 11) is 0. The van der Waals surface area contributed by atoms with E-state index in [-0.39, 0.29) is 22.8 Å². The highest BCUT2D eigenvalue weighted by Gasteiger charge is 2.34. The Morgan fingerprint density at radius 2 is 1.57 bits per heavy atom. The predicted molar refractivity (Wildman–Crippen MR) is 131 cm³/mol. The lowest BCUT2D eigenvalue weighted by atomic mass is 9.98. The van der Waals surface area contributed by atoms with E-state index >= 15 is 0 Å². The first-order valence-electron chi connectivity index (χ1n) is 10.6. The summed E-state index contributed by atoms with van der Waals surface area (Å²) in [5.74, 6) is -0.854. The Morgan fingerprint density at radius 3 is 2.14 bits per heavy atom. The molecule has 0 aliphatic rings. The van der Waals surface area contributed by atoms with E-state index in [0.717, 1.165) is 28.7 Å². The van der Waals surface area contributed by atoms with Crippen LogP contribution in [-0.4, -0.2) is 15.9 Å². The van der Waals surface area contributed by atoms with Crippen molar-refractivity contribution in [2.24, 2.45) is 0 Å². The molecule has 0 fully saturated rings. The third-order valence-electron chi connectivity index (χ3n) is 5.20. The van der Waals surface area contributed by atoms with Crippen LogP contribution in [0.5, 0.6) is 0 Å². The molecule has 2 N–H and O–H groups in total. The van der Waals surface area contributed by atoms with E-state index in [9.17, 15) is 18.0 Å². The monoisotopic (exact) mass is 516 g/mol. The first-order chi connectivity index (χ1) is 16.7. The average Bonchev–Trinajstić information content (AvgIpc) is 3.35. The van der Waals surface area contributed by atoms with Gasteiger partial charge in [0.05, 0.1) is 28.9 Å². The van der Waals surface area contributed by atoms with Crippen molar-refractivity contribution in [3.63, 3.8) is 0 Å². The van der Waals surface area contributed by atoms with Crippen molar-refractivity contribution in [3.8, 4) is 0 Å². The third kappa shape index (κ3) is 6.05. The van der Waals surface area contributed by atoms with Crippen LogP contribution in [0.1, 0.15) is 50.4 Å². The lowest BCUT2D eigenvalue weighted by molar-refractivity contribution is -0.137. The predicted octanol–water partition coefficient (Wildman–Crippen LogP) is 6.90. The number of nitrogens with zero attached hydrogens (tertiary/aromatic N) is 2. The van der Waals surface area contributed by atoms with Gasteiger partial charge in [0.15, 0.2) is 0 Å². The minimum absolute atomic E-state index is 0.104. The van der Waals surface area contributed by atoms with Crippen LogP contribution in [0.3, 0.4) is 0 Å². The van der Waals surface area contributed by atoms with E-state index in [1.807, 2.05) is 67.6 Å². The summed E-state index contributed by atoms with van der Waals surface area (Å²) in [5.41, 5.74) is 1.09. The van der Waals surface area contributed by atoms with Crippen LogP contribution >= 0.6 is 22.9 Å². The highest BCUT2D eigenvalue weighted by molar-refractivity contribution is 7.13. The Hall–Kier alpha value is -3.27. The number of benzene rings is 2. The number of hydrogen-bond donors (Lipinski definition) is 2. The van der Waals surface area contributed by atoms with Crippen molar-refractivity contribution in [2.75, 3.05) is 5.32 Å². The van der Waals surface area contributed by atoms with Crippen molar-refractivity contribution in [1.82, 2.24) is 15.3 Å². The van der Waals surface area contributed by atoms with E-state index in [1.165, 1.54) is 6.20 Å². The summed E-state index contributed by atoms with van der Waals surface area (Å²) in [5, 5.41) is 6.07. The SMILES string of the molecule is C[C@@H](NC(c1ccccc1)c1ccccc1)c1ncc(C(=O)Nc2cc(C(F)(F)F)c(Cl)cn2)s1. The van der Waals surface area contributed by atoms with Gasteiger partial charge in [-0.3, -0.25) is 10.1 Å². The molecule has 4 rings (SSSR count). The summed E-state index contributed by atoms with van der Waals surface area (Å²) < 4.78 is 39.3. The maximum atomic E-state index is 13.1. The molecule has 0 radical (unpaired) electrons. The van der Waals surface area contributed by atoms with Gasteiger partial charge in [-0.25, -0.2) is 9.97 Å². The number of thiazole rings is 1. The molecule has 0 saturated carbocycles. The molecule has 4 aromatic rings. The normalized spacial score (nSPS) is 12.5. The number of hydrogen-bond acceptors (Lipinski definition) is 5. The lowest BCUT2D eigenvalue weighted by Gasteiger charge is -2.23. The zero-order valence-corrected chi connectivity index (χ0v) is 20.0. The first-order valence-corrected chi connectivity index (χ1v) is 11.8. The fourth-order valence-electron chi connectivity index (χ4n) is 3.49. The third-order valence-corrected chi connectivity index (χ3v) is 6.68. The molecule has 0 bridgehead atoms. The number of carbonyl (C=O) groups is 1. The van der Waals surface area contributed by atoms with Gasteiger partial charge in [0.1, 0.15) is 15.7 Å². The molecule has 10 heteroatoms. The second kappa shape index (κ2) is 10.6. The molecule has 5 nitrogen and oxygen atoms in total. The molecule has 180 valence electrons. The zero-order valence-electron chi connectivity index (χ0n) is 18.4. The van der Waals surface area contributed by atoms with Gasteiger partial charge < -0.3 is 5.32 Å². The van der Waals surface area contributed by atoms with Crippen molar-refractivity contribution < 1.29 is 18.0 Å². The van der Waals surface area contributed by atoms with Crippen molar-refractivity contribution in [3.05, 3.63) is 111 Å². The largest absolute Gasteiger partial charge is 0.418 e. The van der Waals surface area contributed by atoms with Crippen molar-refractivity contribution in [1.29, 1.82) is 0 Å². The van der Waals surface area contributed by atoms with Gasteiger partial charge in [-0.1, -0.05) is 72.3 Å². The molecular weight excluding hydrogens is 497 g/mol. The number of rotatable bonds is 7. The summed E-state index contributed by atoms with van der Waals surface area (Å²) in [6, 6.07) is 20.3. The number of anilines is 1. The van der Waals surface area contributed by atoms with Crippen molar-refractivity contribution >= 4 is 34.7 Å². The van der Waals surface area contributed by atoms with E-state index in [0.29, 0.717) is 11.1 Å². The molecule has 0 spiro atoms. The highest BCUT2D eigenvalue weighted by atomic mass is 35.5. The number of halogens is 4. The van der Waals surface area contributed by atoms with E-state index < -0.39 is 22.7 Å². The second-order valence-electron chi connectivity index (χ2n) is 7.71. The van der Waals surface area contributed by atoms with E-state index in [2.05, 4.69) is 20.6 Å². The van der Waals surface area contributed by atoms with Crippen LogP contribution in [-0.2, 0) is 6.18 Å². The van der Waals surface area contributed by atoms with Crippen LogP contribution in [0.4, 0.5) is 19.0 Å². The van der Waals surface area contributed by atoms with Crippen LogP contribution in [0.25, 0.3) is 0 Å². The molecule has 2 aromatic carbocycles. The Balaban J connectivity index is 1.50. The molecule has 0 aliphatic carbocycles. The molecule has 0 saturated heterocycles. The van der Waals surface area contributed by atoms with Gasteiger partial charge in [-0.2, -0.15) is 13.2 Å². The van der Waals surface area contributed by atoms with Gasteiger partial charge in [-0.15, -0.1) is 11.3 Å². The average molecular weight is 517 g/mol. The van der Waals surface area contributed by atoms with Crippen molar-refractivity contribution in [2.45, 2.75) is 25.2 Å². The Morgan fingerprint density at radius 1 is 0.971 bits per heavy atom. The standard InChI is InChI=1S/C25H20ClF3N4OS/c1-15(32-22(16-8-4-2-5-9-16)17-10-6-3-7-11-17)24-31-14-20(35-24)23(34)33-21-12-18(25(27,28)29)19(26)13-30-21/h2-15,22,32H,1H3,(H,30,33,34)/t15-/m1/s1. The number of carbonyl (C=O) groups excluding carboxylic acids is 1. The number of amides is 1. The van der Waals surface area contributed by atoms with E-state index in [1.54, 1.807) is 0 Å². The summed E-state index contributed by atoms with van der Waals surface area (Å²) in [6.45, 7) is 1.94. The smallest absolute Gasteiger partial charge is 0.306 e. The van der Waals surface area contributed by atoms with Crippen LogP contribution in [0, 0.1) is 0 Å². The number of pyridine rings is 1. The summed E-state index contributed by atoms with van der Waals surface area (Å²) in [4.78, 5) is 21.0. The molecule has 2 heterocycles. The summed E-state index contributed by atoms with van der Waals surface area (Å²) in [6.07, 6.45) is -2.40. The fraction of sp³-hybridized carbons (Fsp3) is 0.160. The molecule has 0 unspecified atom stereocenters. The topological polar surface area (TPSA) is 66.9 Å². The molecule has 1 atom stereocenters. The maximum absolute atomic E-state index is 13.1. The molecule has 35 heavy (non-hydrogen) atoms. The Labute approximate surface area is 209 Å². The molecule has 0 aliphatic heterocycles. The van der Waals surface area contributed by atoms with Gasteiger partial charge >= 0.3 is 6.18 Å². The van der Waals surface area contributed by atoms with E-state index in [4.69, 9.17) is 11.6 Å². The number of aromatic nitrogens is 2. The molecular formula is C25H20ClF3N4OS. The maximum Gasteiger partial charge on any atom is 0.418 e. The zero-order chi connectivity index (χ0) is 25.0. The molecule has 1 amide bonds. The number of alkyl halides is 3. The van der Waals surface area contributed by atoms with Gasteiger partial charge in [0.25, 0.3) is 5.91 Å². The molecule has 2 aromatic heterocycles. The minimum atomic E-state index is -4.66. The van der Waals surface area contributed by atoms with Gasteiger partial charge in [0, 0.05) is 6.20 Å².